The van der Waals surface area contributed by atoms with Crippen molar-refractivity contribution >= 4 is 11.6 Å². The zero-order chi connectivity index (χ0) is 9.84. The van der Waals surface area contributed by atoms with E-state index in [9.17, 15) is 0 Å². The van der Waals surface area contributed by atoms with Gasteiger partial charge < -0.3 is 15.2 Å². The van der Waals surface area contributed by atoms with Crippen LogP contribution in [0.5, 0.6) is 11.5 Å². The highest BCUT2D eigenvalue weighted by atomic mass is 35.5. The summed E-state index contributed by atoms with van der Waals surface area (Å²) in [5.74, 6) is 1.15. The Morgan fingerprint density at radius 2 is 2.00 bits per heavy atom. The van der Waals surface area contributed by atoms with Crippen LogP contribution in [0.4, 0.5) is 0 Å². The van der Waals surface area contributed by atoms with Crippen LogP contribution in [0, 0.1) is 0 Å². The fourth-order valence-electron chi connectivity index (χ4n) is 1.09. The van der Waals surface area contributed by atoms with Gasteiger partial charge in [-0.2, -0.15) is 0 Å². The fraction of sp³-hybridized carbons (Fsp3) is 0.333. The molecule has 0 fully saturated rings. The predicted molar refractivity (Wildman–Crippen MR) is 52.4 cm³/mol. The molecule has 1 aromatic rings. The molecule has 13 heavy (non-hydrogen) atoms. The smallest absolute Gasteiger partial charge is 0.179 e. The summed E-state index contributed by atoms with van der Waals surface area (Å²) in [7, 11) is 3.11. The Kier molecular flexibility index (Phi) is 3.39. The van der Waals surface area contributed by atoms with Crippen LogP contribution < -0.4 is 15.2 Å². The molecule has 0 aliphatic carbocycles. The van der Waals surface area contributed by atoms with Gasteiger partial charge in [0.25, 0.3) is 0 Å². The van der Waals surface area contributed by atoms with E-state index in [0.717, 1.165) is 5.56 Å². The Labute approximate surface area is 82.4 Å². The van der Waals surface area contributed by atoms with E-state index in [1.807, 2.05) is 6.07 Å². The highest BCUT2D eigenvalue weighted by Crippen LogP contribution is 2.36. The van der Waals surface area contributed by atoms with Gasteiger partial charge in [0.05, 0.1) is 19.2 Å². The third-order valence-electron chi connectivity index (χ3n) is 1.78. The van der Waals surface area contributed by atoms with Gasteiger partial charge in [-0.3, -0.25) is 0 Å². The minimum Gasteiger partial charge on any atom is -0.493 e. The zero-order valence-corrected chi connectivity index (χ0v) is 8.39. The maximum absolute atomic E-state index is 6.01. The summed E-state index contributed by atoms with van der Waals surface area (Å²) < 4.78 is 10.2. The normalized spacial score (nSPS) is 9.85. The highest BCUT2D eigenvalue weighted by Gasteiger charge is 2.11. The van der Waals surface area contributed by atoms with Gasteiger partial charge in [0.1, 0.15) is 0 Å². The molecule has 0 bridgehead atoms. The Hall–Kier alpha value is -0.930. The lowest BCUT2D eigenvalue weighted by Crippen LogP contribution is -2.00. The average Bonchev–Trinajstić information content (AvgIpc) is 2.17. The van der Waals surface area contributed by atoms with Crippen LogP contribution in [0.25, 0.3) is 0 Å². The van der Waals surface area contributed by atoms with Crippen molar-refractivity contribution in [1.29, 1.82) is 0 Å². The van der Waals surface area contributed by atoms with Gasteiger partial charge in [-0.15, -0.1) is 0 Å². The van der Waals surface area contributed by atoms with Crippen LogP contribution in [0.2, 0.25) is 5.02 Å². The number of methoxy groups -OCH3 is 2. The van der Waals surface area contributed by atoms with Crippen LogP contribution in [-0.4, -0.2) is 14.2 Å². The highest BCUT2D eigenvalue weighted by molar-refractivity contribution is 6.33. The number of halogens is 1. The molecule has 72 valence electrons. The molecule has 0 heterocycles. The summed E-state index contributed by atoms with van der Waals surface area (Å²) in [5, 5.41) is 0.518. The second-order valence-corrected chi connectivity index (χ2v) is 2.86. The SMILES string of the molecule is COc1ccc(CN)c(Cl)c1OC. The molecule has 1 aromatic carbocycles. The van der Waals surface area contributed by atoms with Crippen LogP contribution in [0.15, 0.2) is 12.1 Å². The van der Waals surface area contributed by atoms with Gasteiger partial charge in [-0.05, 0) is 11.6 Å². The van der Waals surface area contributed by atoms with Crippen molar-refractivity contribution in [3.63, 3.8) is 0 Å². The van der Waals surface area contributed by atoms with Gasteiger partial charge in [-0.25, -0.2) is 0 Å². The molecule has 2 N–H and O–H groups in total. The van der Waals surface area contributed by atoms with Crippen molar-refractivity contribution in [3.8, 4) is 11.5 Å². The molecule has 0 aromatic heterocycles. The summed E-state index contributed by atoms with van der Waals surface area (Å²) in [6, 6.07) is 3.61. The Morgan fingerprint density at radius 3 is 2.46 bits per heavy atom. The number of rotatable bonds is 3. The first-order valence-electron chi connectivity index (χ1n) is 3.84. The second kappa shape index (κ2) is 4.35. The molecule has 4 heteroatoms. The van der Waals surface area contributed by atoms with Gasteiger partial charge in [-0.1, -0.05) is 17.7 Å². The van der Waals surface area contributed by atoms with E-state index in [1.54, 1.807) is 20.3 Å². The number of nitrogens with two attached hydrogens (primary N) is 1. The van der Waals surface area contributed by atoms with Crippen molar-refractivity contribution in [2.24, 2.45) is 5.73 Å². The Balaban J connectivity index is 3.23. The molecular weight excluding hydrogens is 190 g/mol. The van der Waals surface area contributed by atoms with Crippen molar-refractivity contribution in [3.05, 3.63) is 22.7 Å². The molecule has 0 saturated carbocycles. The standard InChI is InChI=1S/C9H12ClNO2/c1-12-7-4-3-6(5-11)8(10)9(7)13-2/h3-4H,5,11H2,1-2H3. The zero-order valence-electron chi connectivity index (χ0n) is 7.63. The fourth-order valence-corrected chi connectivity index (χ4v) is 1.40. The van der Waals surface area contributed by atoms with E-state index >= 15 is 0 Å². The quantitative estimate of drug-likeness (QED) is 0.812. The van der Waals surface area contributed by atoms with Gasteiger partial charge in [0.15, 0.2) is 11.5 Å². The van der Waals surface area contributed by atoms with Crippen LogP contribution in [-0.2, 0) is 6.54 Å². The summed E-state index contributed by atoms with van der Waals surface area (Å²) in [6.07, 6.45) is 0. The van der Waals surface area contributed by atoms with Crippen molar-refractivity contribution in [2.45, 2.75) is 6.54 Å². The Morgan fingerprint density at radius 1 is 1.31 bits per heavy atom. The molecule has 0 aliphatic heterocycles. The van der Waals surface area contributed by atoms with E-state index in [2.05, 4.69) is 0 Å². The largest absolute Gasteiger partial charge is 0.493 e. The summed E-state index contributed by atoms with van der Waals surface area (Å²) >= 11 is 6.01. The van der Waals surface area contributed by atoms with E-state index in [-0.39, 0.29) is 0 Å². The van der Waals surface area contributed by atoms with Crippen LogP contribution in [0.3, 0.4) is 0 Å². The van der Waals surface area contributed by atoms with Crippen molar-refractivity contribution < 1.29 is 9.47 Å². The number of hydrogen-bond acceptors (Lipinski definition) is 3. The van der Waals surface area contributed by atoms with Gasteiger partial charge >= 0.3 is 0 Å². The molecule has 3 nitrogen and oxygen atoms in total. The lowest BCUT2D eigenvalue weighted by molar-refractivity contribution is 0.354. The third kappa shape index (κ3) is 1.87. The third-order valence-corrected chi connectivity index (χ3v) is 2.20. The van der Waals surface area contributed by atoms with E-state index < -0.39 is 0 Å². The van der Waals surface area contributed by atoms with Crippen LogP contribution in [0.1, 0.15) is 5.56 Å². The lowest BCUT2D eigenvalue weighted by Gasteiger charge is -2.11. The Bertz CT molecular complexity index is 302. The summed E-state index contributed by atoms with van der Waals surface area (Å²) in [6.45, 7) is 0.388. The molecule has 0 amide bonds. The molecule has 0 radical (unpaired) electrons. The number of benzene rings is 1. The molecule has 0 aliphatic rings. The average molecular weight is 202 g/mol. The molecule has 0 saturated heterocycles. The first-order chi connectivity index (χ1) is 6.24. The van der Waals surface area contributed by atoms with Crippen LogP contribution >= 0.6 is 11.6 Å². The molecule has 0 unspecified atom stereocenters. The molecular formula is C9H12ClNO2. The van der Waals surface area contributed by atoms with E-state index in [1.165, 1.54) is 0 Å². The monoisotopic (exact) mass is 201 g/mol. The van der Waals surface area contributed by atoms with E-state index in [4.69, 9.17) is 26.8 Å². The molecule has 0 spiro atoms. The predicted octanol–water partition coefficient (Wildman–Crippen LogP) is 1.82. The van der Waals surface area contributed by atoms with Crippen molar-refractivity contribution in [2.75, 3.05) is 14.2 Å². The minimum atomic E-state index is 0.388. The second-order valence-electron chi connectivity index (χ2n) is 2.48. The minimum absolute atomic E-state index is 0.388. The summed E-state index contributed by atoms with van der Waals surface area (Å²) in [4.78, 5) is 0. The number of hydrogen-bond donors (Lipinski definition) is 1. The lowest BCUT2D eigenvalue weighted by atomic mass is 10.2. The maximum atomic E-state index is 6.01. The van der Waals surface area contributed by atoms with Gasteiger partial charge in [0.2, 0.25) is 0 Å². The maximum Gasteiger partial charge on any atom is 0.179 e. The topological polar surface area (TPSA) is 44.5 Å². The molecule has 1 rings (SSSR count). The number of ether oxygens (including phenoxy) is 2. The summed E-state index contributed by atoms with van der Waals surface area (Å²) in [5.41, 5.74) is 6.33. The first kappa shape index (κ1) is 10.2. The van der Waals surface area contributed by atoms with Crippen molar-refractivity contribution in [1.82, 2.24) is 0 Å². The van der Waals surface area contributed by atoms with E-state index in [0.29, 0.717) is 23.1 Å². The van der Waals surface area contributed by atoms with Gasteiger partial charge in [0, 0.05) is 6.54 Å². The first-order valence-corrected chi connectivity index (χ1v) is 4.21. The molecule has 0 atom stereocenters.